The second-order valence-corrected chi connectivity index (χ2v) is 8.40. The van der Waals surface area contributed by atoms with Gasteiger partial charge in [0, 0.05) is 10.4 Å². The first-order valence-electron chi connectivity index (χ1n) is 9.83. The number of benzene rings is 1. The van der Waals surface area contributed by atoms with E-state index in [1.165, 1.54) is 18.4 Å². The number of carbonyl (C=O) groups excluding carboxylic acids is 3. The van der Waals surface area contributed by atoms with Gasteiger partial charge in [-0.15, -0.1) is 11.3 Å². The molecule has 2 aromatic rings. The molecule has 1 aliphatic rings. The Labute approximate surface area is 184 Å². The molecule has 9 heteroatoms. The van der Waals surface area contributed by atoms with Crippen LogP contribution in [0.3, 0.4) is 0 Å². The SMILES string of the molecule is COc1cccc(C(=O)NCC(=O)OCC(=O)Nc2sc3c(c2C#N)CCC(C)C3)c1. The predicted octanol–water partition coefficient (Wildman–Crippen LogP) is 2.66. The Hall–Kier alpha value is -3.38. The number of carbonyl (C=O) groups is 3. The summed E-state index contributed by atoms with van der Waals surface area (Å²) in [6.45, 7) is 1.29. The maximum Gasteiger partial charge on any atom is 0.325 e. The van der Waals surface area contributed by atoms with Crippen LogP contribution in [0.25, 0.3) is 0 Å². The quantitative estimate of drug-likeness (QED) is 0.638. The van der Waals surface area contributed by atoms with Crippen molar-refractivity contribution in [2.24, 2.45) is 5.92 Å². The Bertz CT molecular complexity index is 1040. The fraction of sp³-hybridized carbons (Fsp3) is 0.364. The van der Waals surface area contributed by atoms with Crippen molar-refractivity contribution in [2.75, 3.05) is 25.6 Å². The van der Waals surface area contributed by atoms with Gasteiger partial charge in [0.15, 0.2) is 6.61 Å². The van der Waals surface area contributed by atoms with Crippen LogP contribution in [0.1, 0.15) is 39.7 Å². The molecule has 0 fully saturated rings. The van der Waals surface area contributed by atoms with E-state index in [4.69, 9.17) is 9.47 Å². The van der Waals surface area contributed by atoms with Crippen LogP contribution < -0.4 is 15.4 Å². The molecule has 1 aromatic heterocycles. The summed E-state index contributed by atoms with van der Waals surface area (Å²) in [6.07, 6.45) is 2.74. The summed E-state index contributed by atoms with van der Waals surface area (Å²) >= 11 is 1.41. The van der Waals surface area contributed by atoms with Gasteiger partial charge in [0.25, 0.3) is 11.8 Å². The first-order valence-corrected chi connectivity index (χ1v) is 10.6. The molecule has 0 saturated carbocycles. The molecule has 2 N–H and O–H groups in total. The lowest BCUT2D eigenvalue weighted by Crippen LogP contribution is -2.32. The molecule has 162 valence electrons. The highest BCUT2D eigenvalue weighted by molar-refractivity contribution is 7.16. The van der Waals surface area contributed by atoms with E-state index >= 15 is 0 Å². The van der Waals surface area contributed by atoms with Crippen molar-refractivity contribution < 1.29 is 23.9 Å². The largest absolute Gasteiger partial charge is 0.497 e. The van der Waals surface area contributed by atoms with Crippen molar-refractivity contribution in [1.29, 1.82) is 5.26 Å². The van der Waals surface area contributed by atoms with Crippen molar-refractivity contribution in [2.45, 2.75) is 26.2 Å². The topological polar surface area (TPSA) is 118 Å². The summed E-state index contributed by atoms with van der Waals surface area (Å²) in [5.41, 5.74) is 1.85. The monoisotopic (exact) mass is 441 g/mol. The third kappa shape index (κ3) is 5.61. The molecule has 0 saturated heterocycles. The van der Waals surface area contributed by atoms with E-state index in [0.29, 0.717) is 27.8 Å². The van der Waals surface area contributed by atoms with E-state index in [-0.39, 0.29) is 6.54 Å². The molecule has 8 nitrogen and oxygen atoms in total. The van der Waals surface area contributed by atoms with E-state index < -0.39 is 24.4 Å². The maximum absolute atomic E-state index is 12.2. The lowest BCUT2D eigenvalue weighted by atomic mass is 9.89. The molecule has 31 heavy (non-hydrogen) atoms. The second-order valence-electron chi connectivity index (χ2n) is 7.29. The highest BCUT2D eigenvalue weighted by Crippen LogP contribution is 2.39. The third-order valence-corrected chi connectivity index (χ3v) is 6.14. The fourth-order valence-electron chi connectivity index (χ4n) is 3.34. The van der Waals surface area contributed by atoms with Crippen LogP contribution in [-0.2, 0) is 27.2 Å². The van der Waals surface area contributed by atoms with Crippen LogP contribution in [0.15, 0.2) is 24.3 Å². The summed E-state index contributed by atoms with van der Waals surface area (Å²) in [4.78, 5) is 37.3. The molecule has 0 radical (unpaired) electrons. The van der Waals surface area contributed by atoms with Gasteiger partial charge in [-0.3, -0.25) is 14.4 Å². The summed E-state index contributed by atoms with van der Waals surface area (Å²) in [5, 5.41) is 15.1. The number of hydrogen-bond donors (Lipinski definition) is 2. The summed E-state index contributed by atoms with van der Waals surface area (Å²) in [5.74, 6) is -0.665. The van der Waals surface area contributed by atoms with Gasteiger partial charge in [-0.25, -0.2) is 0 Å². The molecule has 0 spiro atoms. The number of thiophene rings is 1. The molecular weight excluding hydrogens is 418 g/mol. The molecule has 1 heterocycles. The number of amides is 2. The lowest BCUT2D eigenvalue weighted by molar-refractivity contribution is -0.146. The molecule has 1 atom stereocenters. The highest BCUT2D eigenvalue weighted by atomic mass is 32.1. The summed E-state index contributed by atoms with van der Waals surface area (Å²) in [6, 6.07) is 8.67. The number of nitriles is 1. The van der Waals surface area contributed by atoms with E-state index in [2.05, 4.69) is 23.6 Å². The van der Waals surface area contributed by atoms with Crippen molar-refractivity contribution in [1.82, 2.24) is 5.32 Å². The Balaban J connectivity index is 1.48. The number of ether oxygens (including phenoxy) is 2. The Morgan fingerprint density at radius 1 is 1.32 bits per heavy atom. The molecule has 0 bridgehead atoms. The molecule has 0 aliphatic heterocycles. The zero-order valence-electron chi connectivity index (χ0n) is 17.3. The first-order chi connectivity index (χ1) is 14.9. The average Bonchev–Trinajstić information content (AvgIpc) is 3.11. The number of nitrogens with zero attached hydrogens (tertiary/aromatic N) is 1. The summed E-state index contributed by atoms with van der Waals surface area (Å²) in [7, 11) is 1.49. The fourth-order valence-corrected chi connectivity index (χ4v) is 4.71. The molecule has 3 rings (SSSR count). The lowest BCUT2D eigenvalue weighted by Gasteiger charge is -2.17. The maximum atomic E-state index is 12.2. The second kappa shape index (κ2) is 10.1. The van der Waals surface area contributed by atoms with Crippen LogP contribution in [0, 0.1) is 17.2 Å². The van der Waals surface area contributed by atoms with Gasteiger partial charge < -0.3 is 20.1 Å². The van der Waals surface area contributed by atoms with E-state index in [1.54, 1.807) is 24.3 Å². The third-order valence-electron chi connectivity index (χ3n) is 4.97. The van der Waals surface area contributed by atoms with Gasteiger partial charge in [-0.1, -0.05) is 13.0 Å². The number of hydrogen-bond acceptors (Lipinski definition) is 7. The number of fused-ring (bicyclic) bond motifs is 1. The Morgan fingerprint density at radius 3 is 2.87 bits per heavy atom. The molecule has 1 unspecified atom stereocenters. The highest BCUT2D eigenvalue weighted by Gasteiger charge is 2.24. The minimum atomic E-state index is -0.744. The standard InChI is InChI=1S/C22H23N3O5S/c1-13-6-7-16-17(10-23)22(31-18(16)8-13)25-19(26)12-30-20(27)11-24-21(28)14-4-3-5-15(9-14)29-2/h3-5,9,13H,6-8,11-12H2,1-2H3,(H,24,28)(H,25,26). The van der Waals surface area contributed by atoms with Crippen LogP contribution in [0.5, 0.6) is 5.75 Å². The van der Waals surface area contributed by atoms with Crippen molar-refractivity contribution >= 4 is 34.1 Å². The van der Waals surface area contributed by atoms with Gasteiger partial charge in [-0.2, -0.15) is 5.26 Å². The normalized spacial score (nSPS) is 14.7. The number of nitrogens with one attached hydrogen (secondary N) is 2. The van der Waals surface area contributed by atoms with Crippen molar-refractivity contribution in [3.63, 3.8) is 0 Å². The smallest absolute Gasteiger partial charge is 0.325 e. The number of methoxy groups -OCH3 is 1. The van der Waals surface area contributed by atoms with E-state index in [1.807, 2.05) is 0 Å². The zero-order chi connectivity index (χ0) is 22.4. The van der Waals surface area contributed by atoms with Gasteiger partial charge in [0.1, 0.15) is 23.4 Å². The number of rotatable bonds is 7. The minimum absolute atomic E-state index is 0.338. The van der Waals surface area contributed by atoms with Crippen LogP contribution >= 0.6 is 11.3 Å². The zero-order valence-corrected chi connectivity index (χ0v) is 18.1. The predicted molar refractivity (Wildman–Crippen MR) is 115 cm³/mol. The summed E-state index contributed by atoms with van der Waals surface area (Å²) < 4.78 is 9.99. The molecule has 1 aliphatic carbocycles. The van der Waals surface area contributed by atoms with Crippen LogP contribution in [0.2, 0.25) is 0 Å². The van der Waals surface area contributed by atoms with E-state index in [9.17, 15) is 19.6 Å². The van der Waals surface area contributed by atoms with Gasteiger partial charge in [0.05, 0.1) is 12.7 Å². The average molecular weight is 442 g/mol. The van der Waals surface area contributed by atoms with Gasteiger partial charge in [-0.05, 0) is 48.9 Å². The van der Waals surface area contributed by atoms with E-state index in [0.717, 1.165) is 29.7 Å². The van der Waals surface area contributed by atoms with Crippen LogP contribution in [0.4, 0.5) is 5.00 Å². The Morgan fingerprint density at radius 2 is 2.13 bits per heavy atom. The number of anilines is 1. The van der Waals surface area contributed by atoms with Gasteiger partial charge in [0.2, 0.25) is 0 Å². The minimum Gasteiger partial charge on any atom is -0.497 e. The van der Waals surface area contributed by atoms with Crippen LogP contribution in [-0.4, -0.2) is 38.0 Å². The Kier molecular flexibility index (Phi) is 7.26. The first kappa shape index (κ1) is 22.3. The van der Waals surface area contributed by atoms with Crippen molar-refractivity contribution in [3.8, 4) is 11.8 Å². The molecular formula is C22H23N3O5S. The van der Waals surface area contributed by atoms with Gasteiger partial charge >= 0.3 is 5.97 Å². The van der Waals surface area contributed by atoms with Crippen molar-refractivity contribution in [3.05, 3.63) is 45.8 Å². The molecule has 1 aromatic carbocycles. The number of esters is 1. The molecule has 2 amide bonds.